The molecule has 6 heteroatoms. The summed E-state index contributed by atoms with van der Waals surface area (Å²) in [4.78, 5) is 0.391. The topological polar surface area (TPSA) is 49.4 Å². The Morgan fingerprint density at radius 3 is 2.76 bits per heavy atom. The van der Waals surface area contributed by atoms with Crippen LogP contribution in [0, 0.1) is 6.92 Å². The third kappa shape index (κ3) is 3.86. The number of piperidine rings is 1. The van der Waals surface area contributed by atoms with E-state index in [0.717, 1.165) is 42.4 Å². The van der Waals surface area contributed by atoms with Gasteiger partial charge in [0.25, 0.3) is 0 Å². The van der Waals surface area contributed by atoms with Crippen LogP contribution in [0.1, 0.15) is 31.7 Å². The van der Waals surface area contributed by atoms with Crippen LogP contribution in [0.25, 0.3) is 0 Å². The number of hydrogen-bond donors (Lipinski definition) is 1. The quantitative estimate of drug-likeness (QED) is 0.861. The van der Waals surface area contributed by atoms with Crippen LogP contribution in [0.15, 0.2) is 27.6 Å². The van der Waals surface area contributed by atoms with Crippen LogP contribution in [0.5, 0.6) is 0 Å². The molecule has 1 fully saturated rings. The van der Waals surface area contributed by atoms with Crippen LogP contribution in [0.3, 0.4) is 0 Å². The molecule has 4 nitrogen and oxygen atoms in total. The molecular weight excluding hydrogens is 352 g/mol. The summed E-state index contributed by atoms with van der Waals surface area (Å²) in [6.45, 7) is 6.23. The Labute approximate surface area is 136 Å². The molecule has 21 heavy (non-hydrogen) atoms. The minimum Gasteiger partial charge on any atom is -0.315 e. The van der Waals surface area contributed by atoms with Gasteiger partial charge in [-0.2, -0.15) is 4.31 Å². The highest BCUT2D eigenvalue weighted by Gasteiger charge is 2.31. The van der Waals surface area contributed by atoms with Crippen molar-refractivity contribution >= 4 is 26.0 Å². The molecule has 1 saturated heterocycles. The summed E-state index contributed by atoms with van der Waals surface area (Å²) in [5, 5.41) is 3.30. The molecule has 1 aromatic carbocycles. The second-order valence-corrected chi connectivity index (χ2v) is 8.27. The van der Waals surface area contributed by atoms with Gasteiger partial charge in [0.05, 0.1) is 4.90 Å². The Balaban J connectivity index is 2.34. The van der Waals surface area contributed by atoms with Gasteiger partial charge in [0.2, 0.25) is 10.0 Å². The fraction of sp³-hybridized carbons (Fsp3) is 0.600. The van der Waals surface area contributed by atoms with E-state index in [1.807, 2.05) is 19.9 Å². The number of sulfonamides is 1. The van der Waals surface area contributed by atoms with E-state index < -0.39 is 10.0 Å². The van der Waals surface area contributed by atoms with Crippen LogP contribution in [0.2, 0.25) is 0 Å². The van der Waals surface area contributed by atoms with Gasteiger partial charge in [-0.3, -0.25) is 0 Å². The van der Waals surface area contributed by atoms with Gasteiger partial charge in [-0.15, -0.1) is 0 Å². The molecule has 118 valence electrons. The van der Waals surface area contributed by atoms with Crippen LogP contribution in [-0.2, 0) is 10.0 Å². The summed E-state index contributed by atoms with van der Waals surface area (Å²) in [7, 11) is -3.43. The molecule has 1 unspecified atom stereocenters. The number of nitrogens with zero attached hydrogens (tertiary/aromatic N) is 1. The predicted molar refractivity (Wildman–Crippen MR) is 89.0 cm³/mol. The van der Waals surface area contributed by atoms with Crippen molar-refractivity contribution in [2.75, 3.05) is 19.6 Å². The Hall–Kier alpha value is -0.430. The van der Waals surface area contributed by atoms with E-state index >= 15 is 0 Å². The monoisotopic (exact) mass is 374 g/mol. The minimum absolute atomic E-state index is 0.0626. The molecule has 2 rings (SSSR count). The fourth-order valence-corrected chi connectivity index (χ4v) is 4.79. The summed E-state index contributed by atoms with van der Waals surface area (Å²) in [6, 6.07) is 5.31. The van der Waals surface area contributed by atoms with Crippen molar-refractivity contribution in [3.63, 3.8) is 0 Å². The second-order valence-electron chi connectivity index (χ2n) is 5.53. The molecule has 1 N–H and O–H groups in total. The van der Waals surface area contributed by atoms with Crippen LogP contribution < -0.4 is 5.32 Å². The van der Waals surface area contributed by atoms with E-state index in [1.165, 1.54) is 0 Å². The lowest BCUT2D eigenvalue weighted by Gasteiger charge is -2.33. The third-order valence-electron chi connectivity index (χ3n) is 3.86. The first-order valence-corrected chi connectivity index (χ1v) is 9.69. The molecule has 0 aromatic heterocycles. The van der Waals surface area contributed by atoms with Crippen molar-refractivity contribution in [1.29, 1.82) is 0 Å². The van der Waals surface area contributed by atoms with Crippen molar-refractivity contribution in [2.24, 2.45) is 0 Å². The standard InChI is InChI=1S/C15H23BrN2O2S/c1-3-9-18(13-5-4-8-17-11-13)21(19,20)14-6-7-15(16)12(2)10-14/h6-7,10,13,17H,3-5,8-9,11H2,1-2H3. The maximum Gasteiger partial charge on any atom is 0.243 e. The predicted octanol–water partition coefficient (Wildman–Crippen LogP) is 2.91. The van der Waals surface area contributed by atoms with Gasteiger partial charge in [-0.1, -0.05) is 22.9 Å². The molecule has 1 atom stereocenters. The van der Waals surface area contributed by atoms with Gasteiger partial charge < -0.3 is 5.32 Å². The number of nitrogens with one attached hydrogen (secondary N) is 1. The number of aryl methyl sites for hydroxylation is 1. The number of rotatable bonds is 5. The molecule has 0 radical (unpaired) electrons. The summed E-state index contributed by atoms with van der Waals surface area (Å²) in [5.74, 6) is 0. The molecule has 0 amide bonds. The van der Waals surface area contributed by atoms with Crippen molar-refractivity contribution in [1.82, 2.24) is 9.62 Å². The summed E-state index contributed by atoms with van der Waals surface area (Å²) >= 11 is 3.42. The SMILES string of the molecule is CCCN(C1CCCNC1)S(=O)(=O)c1ccc(Br)c(C)c1. The van der Waals surface area contributed by atoms with Gasteiger partial charge in [0.1, 0.15) is 0 Å². The van der Waals surface area contributed by atoms with Crippen molar-refractivity contribution in [3.05, 3.63) is 28.2 Å². The lowest BCUT2D eigenvalue weighted by atomic mass is 10.1. The molecule has 1 aliphatic heterocycles. The van der Waals surface area contributed by atoms with Crippen LogP contribution >= 0.6 is 15.9 Å². The Morgan fingerprint density at radius 2 is 2.19 bits per heavy atom. The van der Waals surface area contributed by atoms with Gasteiger partial charge >= 0.3 is 0 Å². The van der Waals surface area contributed by atoms with E-state index in [4.69, 9.17) is 0 Å². The summed E-state index contributed by atoms with van der Waals surface area (Å²) in [6.07, 6.45) is 2.78. The summed E-state index contributed by atoms with van der Waals surface area (Å²) in [5.41, 5.74) is 0.939. The molecule has 1 aliphatic rings. The average molecular weight is 375 g/mol. The van der Waals surface area contributed by atoms with Gasteiger partial charge in [-0.25, -0.2) is 8.42 Å². The molecule has 0 aliphatic carbocycles. The Morgan fingerprint density at radius 1 is 1.43 bits per heavy atom. The second kappa shape index (κ2) is 7.22. The molecule has 0 bridgehead atoms. The maximum atomic E-state index is 13.0. The minimum atomic E-state index is -3.43. The van der Waals surface area contributed by atoms with Gasteiger partial charge in [0, 0.05) is 23.6 Å². The van der Waals surface area contributed by atoms with Crippen LogP contribution in [0.4, 0.5) is 0 Å². The van der Waals surface area contributed by atoms with Gasteiger partial charge in [0.15, 0.2) is 0 Å². The average Bonchev–Trinajstić information content (AvgIpc) is 2.48. The number of halogens is 1. The lowest BCUT2D eigenvalue weighted by Crippen LogP contribution is -2.48. The van der Waals surface area contributed by atoms with Crippen molar-refractivity contribution in [3.8, 4) is 0 Å². The smallest absolute Gasteiger partial charge is 0.243 e. The van der Waals surface area contributed by atoms with E-state index in [0.29, 0.717) is 11.4 Å². The van der Waals surface area contributed by atoms with Crippen molar-refractivity contribution < 1.29 is 8.42 Å². The number of benzene rings is 1. The maximum absolute atomic E-state index is 13.0. The van der Waals surface area contributed by atoms with E-state index in [2.05, 4.69) is 21.2 Å². The Kier molecular flexibility index (Phi) is 5.82. The molecule has 1 aromatic rings. The van der Waals surface area contributed by atoms with Crippen LogP contribution in [-0.4, -0.2) is 38.4 Å². The van der Waals surface area contributed by atoms with Gasteiger partial charge in [-0.05, 0) is 56.5 Å². The molecule has 1 heterocycles. The lowest BCUT2D eigenvalue weighted by molar-refractivity contribution is 0.266. The highest BCUT2D eigenvalue weighted by Crippen LogP contribution is 2.25. The van der Waals surface area contributed by atoms with E-state index in [-0.39, 0.29) is 6.04 Å². The van der Waals surface area contributed by atoms with Crippen molar-refractivity contribution in [2.45, 2.75) is 44.0 Å². The molecule has 0 spiro atoms. The highest BCUT2D eigenvalue weighted by atomic mass is 79.9. The zero-order valence-electron chi connectivity index (χ0n) is 12.6. The zero-order valence-corrected chi connectivity index (χ0v) is 15.0. The zero-order chi connectivity index (χ0) is 15.5. The third-order valence-corrected chi connectivity index (χ3v) is 6.70. The van der Waals surface area contributed by atoms with E-state index in [1.54, 1.807) is 16.4 Å². The first-order valence-electron chi connectivity index (χ1n) is 7.45. The first kappa shape index (κ1) is 16.9. The molecule has 0 saturated carbocycles. The summed E-state index contributed by atoms with van der Waals surface area (Å²) < 4.78 is 28.6. The molecular formula is C15H23BrN2O2S. The highest BCUT2D eigenvalue weighted by molar-refractivity contribution is 9.10. The van der Waals surface area contributed by atoms with E-state index in [9.17, 15) is 8.42 Å². The normalized spacial score (nSPS) is 19.9. The number of hydrogen-bond acceptors (Lipinski definition) is 3. The fourth-order valence-electron chi connectivity index (χ4n) is 2.71. The first-order chi connectivity index (χ1) is 9.96. The largest absolute Gasteiger partial charge is 0.315 e. The Bertz CT molecular complexity index is 583.